The summed E-state index contributed by atoms with van der Waals surface area (Å²) in [7, 11) is -1.70. The largest absolute Gasteiger partial charge is 0.456 e. The standard InChI is InChI=1S/C56H35NOS/c1-3-17-39(18-4-1)59(40-19-5-2-6-20-40)55-26-14-12-24-45(55)49-32-38(27-30-56(49)59)41-28-29-51(43-22-10-9-21-42(41)43)57-50-25-13-11-23-44(50)46-35-54-48(34-52(46)57)47-31-36-15-7-8-16-37(36)33-53(47)58-54/h1-35H. The number of aromatic nitrogens is 1. The average Bonchev–Trinajstić information content (AvgIpc) is 3.92. The number of furan rings is 1. The molecule has 0 unspecified atom stereocenters. The van der Waals surface area contributed by atoms with Crippen LogP contribution in [0.3, 0.4) is 0 Å². The second-order valence-corrected chi connectivity index (χ2v) is 18.7. The average molecular weight is 770 g/mol. The Morgan fingerprint density at radius 2 is 0.949 bits per heavy atom. The van der Waals surface area contributed by atoms with Gasteiger partial charge in [-0.3, -0.25) is 0 Å². The number of para-hydroxylation sites is 1. The second kappa shape index (κ2) is 12.3. The Balaban J connectivity index is 1.04. The third-order valence-electron chi connectivity index (χ3n) is 12.6. The van der Waals surface area contributed by atoms with Crippen molar-refractivity contribution in [2.45, 2.75) is 19.6 Å². The van der Waals surface area contributed by atoms with Crippen LogP contribution in [0.4, 0.5) is 0 Å². The molecule has 1 aliphatic rings. The van der Waals surface area contributed by atoms with Crippen LogP contribution in [-0.4, -0.2) is 4.57 Å². The summed E-state index contributed by atoms with van der Waals surface area (Å²) in [5.74, 6) is 0. The topological polar surface area (TPSA) is 18.1 Å². The van der Waals surface area contributed by atoms with Crippen LogP contribution >= 0.6 is 10.0 Å². The summed E-state index contributed by atoms with van der Waals surface area (Å²) in [5.41, 5.74) is 10.4. The van der Waals surface area contributed by atoms with Gasteiger partial charge in [0, 0.05) is 46.5 Å². The third-order valence-corrected chi connectivity index (χ3v) is 16.6. The van der Waals surface area contributed by atoms with E-state index in [4.69, 9.17) is 4.42 Å². The van der Waals surface area contributed by atoms with Crippen LogP contribution in [0, 0.1) is 0 Å². The maximum atomic E-state index is 6.58. The summed E-state index contributed by atoms with van der Waals surface area (Å²) in [6, 6.07) is 78.6. The van der Waals surface area contributed by atoms with Gasteiger partial charge in [-0.2, -0.15) is 0 Å². The Bertz CT molecular complexity index is 3630. The van der Waals surface area contributed by atoms with Gasteiger partial charge in [0.1, 0.15) is 11.2 Å². The van der Waals surface area contributed by atoms with E-state index >= 15 is 0 Å². The van der Waals surface area contributed by atoms with Crippen LogP contribution < -0.4 is 0 Å². The fraction of sp³-hybridized carbons (Fsp3) is 0. The van der Waals surface area contributed by atoms with E-state index in [1.807, 2.05) is 0 Å². The summed E-state index contributed by atoms with van der Waals surface area (Å²) < 4.78 is 9.04. The molecule has 0 saturated carbocycles. The molecule has 0 amide bonds. The lowest BCUT2D eigenvalue weighted by Crippen LogP contribution is -2.01. The molecular weight excluding hydrogens is 735 g/mol. The van der Waals surface area contributed by atoms with Crippen molar-refractivity contribution < 1.29 is 4.42 Å². The van der Waals surface area contributed by atoms with Gasteiger partial charge in [0.15, 0.2) is 0 Å². The van der Waals surface area contributed by atoms with E-state index in [1.165, 1.54) is 85.2 Å². The molecule has 10 aromatic carbocycles. The zero-order chi connectivity index (χ0) is 38.7. The number of fused-ring (bicyclic) bond motifs is 11. The lowest BCUT2D eigenvalue weighted by atomic mass is 9.94. The molecule has 0 radical (unpaired) electrons. The summed E-state index contributed by atoms with van der Waals surface area (Å²) in [6.45, 7) is 0. The summed E-state index contributed by atoms with van der Waals surface area (Å²) in [5, 5.41) is 9.51. The van der Waals surface area contributed by atoms with Gasteiger partial charge in [-0.1, -0.05) is 133 Å². The van der Waals surface area contributed by atoms with Crippen LogP contribution in [0.25, 0.3) is 93.2 Å². The second-order valence-electron chi connectivity index (χ2n) is 15.6. The van der Waals surface area contributed by atoms with Gasteiger partial charge in [-0.15, -0.1) is 10.0 Å². The minimum atomic E-state index is -1.70. The lowest BCUT2D eigenvalue weighted by Gasteiger charge is -2.39. The molecule has 12 aromatic rings. The highest BCUT2D eigenvalue weighted by molar-refractivity contribution is 8.34. The number of rotatable bonds is 4. The molecule has 0 fully saturated rings. The molecule has 3 heterocycles. The van der Waals surface area contributed by atoms with Gasteiger partial charge < -0.3 is 8.98 Å². The first-order valence-corrected chi connectivity index (χ1v) is 21.9. The van der Waals surface area contributed by atoms with Crippen molar-refractivity contribution in [1.82, 2.24) is 4.57 Å². The Morgan fingerprint density at radius 3 is 1.75 bits per heavy atom. The number of hydrogen-bond acceptors (Lipinski definition) is 1. The van der Waals surface area contributed by atoms with Crippen molar-refractivity contribution in [1.29, 1.82) is 0 Å². The quantitative estimate of drug-likeness (QED) is 0.174. The molecule has 2 nitrogen and oxygen atoms in total. The van der Waals surface area contributed by atoms with E-state index in [2.05, 4.69) is 217 Å². The smallest absolute Gasteiger partial charge is 0.136 e. The molecule has 1 aliphatic heterocycles. The summed E-state index contributed by atoms with van der Waals surface area (Å²) >= 11 is 0. The number of hydrogen-bond donors (Lipinski definition) is 0. The zero-order valence-electron chi connectivity index (χ0n) is 32.0. The van der Waals surface area contributed by atoms with Crippen molar-refractivity contribution in [3.63, 3.8) is 0 Å². The first-order valence-electron chi connectivity index (χ1n) is 20.2. The highest BCUT2D eigenvalue weighted by atomic mass is 32.3. The highest BCUT2D eigenvalue weighted by Gasteiger charge is 2.41. The van der Waals surface area contributed by atoms with Gasteiger partial charge in [0.05, 0.1) is 16.7 Å². The fourth-order valence-corrected chi connectivity index (χ4v) is 14.3. The molecular formula is C56H35NOS. The van der Waals surface area contributed by atoms with E-state index < -0.39 is 10.0 Å². The van der Waals surface area contributed by atoms with E-state index in [0.717, 1.165) is 27.6 Å². The minimum absolute atomic E-state index is 0.912. The van der Waals surface area contributed by atoms with Crippen LogP contribution in [0.2, 0.25) is 0 Å². The molecule has 0 aliphatic carbocycles. The first-order chi connectivity index (χ1) is 29.3. The zero-order valence-corrected chi connectivity index (χ0v) is 32.8. The maximum absolute atomic E-state index is 6.58. The monoisotopic (exact) mass is 769 g/mol. The van der Waals surface area contributed by atoms with Crippen LogP contribution in [0.5, 0.6) is 0 Å². The van der Waals surface area contributed by atoms with Gasteiger partial charge in [0.25, 0.3) is 0 Å². The first kappa shape index (κ1) is 32.7. The van der Waals surface area contributed by atoms with Gasteiger partial charge in [-0.05, 0) is 117 Å². The maximum Gasteiger partial charge on any atom is 0.136 e. The van der Waals surface area contributed by atoms with Crippen molar-refractivity contribution in [2.24, 2.45) is 0 Å². The van der Waals surface area contributed by atoms with Crippen molar-refractivity contribution in [2.75, 3.05) is 0 Å². The molecule has 13 rings (SSSR count). The van der Waals surface area contributed by atoms with E-state index in [9.17, 15) is 0 Å². The van der Waals surface area contributed by atoms with Crippen LogP contribution in [0.15, 0.2) is 236 Å². The predicted molar refractivity (Wildman–Crippen MR) is 247 cm³/mol. The molecule has 0 saturated heterocycles. The molecule has 0 spiro atoms. The molecule has 2 aromatic heterocycles. The van der Waals surface area contributed by atoms with E-state index in [0.29, 0.717) is 0 Å². The predicted octanol–water partition coefficient (Wildman–Crippen LogP) is 16.0. The molecule has 0 N–H and O–H groups in total. The Kier molecular flexibility index (Phi) is 6.84. The van der Waals surface area contributed by atoms with Crippen LogP contribution in [0.1, 0.15) is 0 Å². The fourth-order valence-electron chi connectivity index (χ4n) is 10.1. The Labute approximate surface area is 342 Å². The molecule has 3 heteroatoms. The number of nitrogens with zero attached hydrogens (tertiary/aromatic N) is 1. The molecule has 0 bridgehead atoms. The summed E-state index contributed by atoms with van der Waals surface area (Å²) in [4.78, 5) is 5.53. The summed E-state index contributed by atoms with van der Waals surface area (Å²) in [6.07, 6.45) is 0. The SMILES string of the molecule is c1ccc(S2(c3ccccc3)c3ccccc3-c3cc(-c4ccc(-n5c6ccccc6c6cc7oc8cc9ccccc9cc8c7cc65)c5ccccc45)ccc32)cc1. The molecule has 59 heavy (non-hydrogen) atoms. The minimum Gasteiger partial charge on any atom is -0.456 e. The van der Waals surface area contributed by atoms with Crippen LogP contribution in [-0.2, 0) is 0 Å². The molecule has 276 valence electrons. The van der Waals surface area contributed by atoms with Crippen molar-refractivity contribution in [3.05, 3.63) is 212 Å². The van der Waals surface area contributed by atoms with Gasteiger partial charge in [-0.25, -0.2) is 0 Å². The van der Waals surface area contributed by atoms with Crippen molar-refractivity contribution >= 4 is 75.3 Å². The Hall–Kier alpha value is -7.33. The van der Waals surface area contributed by atoms with Gasteiger partial charge in [0.2, 0.25) is 0 Å². The van der Waals surface area contributed by atoms with E-state index in [-0.39, 0.29) is 0 Å². The van der Waals surface area contributed by atoms with E-state index in [1.54, 1.807) is 0 Å². The highest BCUT2D eigenvalue weighted by Crippen LogP contribution is 2.80. The van der Waals surface area contributed by atoms with Crippen molar-refractivity contribution in [3.8, 4) is 27.9 Å². The normalized spacial score (nSPS) is 13.8. The molecule has 0 atom stereocenters. The third kappa shape index (κ3) is 4.54. The lowest BCUT2D eigenvalue weighted by molar-refractivity contribution is 0.670. The van der Waals surface area contributed by atoms with Gasteiger partial charge >= 0.3 is 0 Å². The Morgan fingerprint density at radius 1 is 0.339 bits per heavy atom. The number of benzene rings is 10.